The van der Waals surface area contributed by atoms with Crippen molar-refractivity contribution in [2.45, 2.75) is 44.3 Å². The third-order valence-corrected chi connectivity index (χ3v) is 2.08. The summed E-state index contributed by atoms with van der Waals surface area (Å²) < 4.78 is 45.1. The standard InChI is InChI=1S/C9H17F3O3/c1-8(13,7(14-2)15-3)5-4-6-9(10,11)12/h7,13H,4-6H2,1-3H3. The Hall–Kier alpha value is -0.330. The van der Waals surface area contributed by atoms with Crippen LogP contribution in [-0.2, 0) is 9.47 Å². The quantitative estimate of drug-likeness (QED) is 0.710. The monoisotopic (exact) mass is 230 g/mol. The summed E-state index contributed by atoms with van der Waals surface area (Å²) in [6.07, 6.45) is -6.20. The maximum Gasteiger partial charge on any atom is 0.389 e. The van der Waals surface area contributed by atoms with E-state index in [0.717, 1.165) is 0 Å². The summed E-state index contributed by atoms with van der Waals surface area (Å²) >= 11 is 0. The third-order valence-electron chi connectivity index (χ3n) is 2.08. The minimum absolute atomic E-state index is 0.0289. The lowest BCUT2D eigenvalue weighted by Crippen LogP contribution is -2.42. The van der Waals surface area contributed by atoms with E-state index in [0.29, 0.717) is 0 Å². The van der Waals surface area contributed by atoms with Gasteiger partial charge < -0.3 is 14.6 Å². The van der Waals surface area contributed by atoms with Gasteiger partial charge in [0, 0.05) is 20.6 Å². The summed E-state index contributed by atoms with van der Waals surface area (Å²) in [7, 11) is 2.65. The highest BCUT2D eigenvalue weighted by molar-refractivity contribution is 4.77. The molecule has 0 saturated carbocycles. The molecule has 6 heteroatoms. The maximum atomic E-state index is 11.9. The minimum atomic E-state index is -4.19. The minimum Gasteiger partial charge on any atom is -0.385 e. The molecule has 0 aromatic rings. The molecule has 1 N–H and O–H groups in total. The molecule has 0 saturated heterocycles. The van der Waals surface area contributed by atoms with E-state index in [1.54, 1.807) is 0 Å². The highest BCUT2D eigenvalue weighted by atomic mass is 19.4. The van der Waals surface area contributed by atoms with E-state index in [1.807, 2.05) is 0 Å². The van der Waals surface area contributed by atoms with Gasteiger partial charge in [-0.15, -0.1) is 0 Å². The normalized spacial score (nSPS) is 16.8. The fraction of sp³-hybridized carbons (Fsp3) is 1.00. The molecule has 0 heterocycles. The Balaban J connectivity index is 4.03. The van der Waals surface area contributed by atoms with Gasteiger partial charge in [-0.05, 0) is 19.8 Å². The van der Waals surface area contributed by atoms with Gasteiger partial charge in [0.1, 0.15) is 5.60 Å². The molecule has 1 unspecified atom stereocenters. The zero-order valence-corrected chi connectivity index (χ0v) is 9.10. The van der Waals surface area contributed by atoms with Crippen LogP contribution in [0.25, 0.3) is 0 Å². The lowest BCUT2D eigenvalue weighted by Gasteiger charge is -2.30. The van der Waals surface area contributed by atoms with Crippen LogP contribution in [0.15, 0.2) is 0 Å². The van der Waals surface area contributed by atoms with Crippen molar-refractivity contribution in [1.82, 2.24) is 0 Å². The molecule has 15 heavy (non-hydrogen) atoms. The summed E-state index contributed by atoms with van der Waals surface area (Å²) in [6.45, 7) is 1.39. The van der Waals surface area contributed by atoms with Gasteiger partial charge in [0.15, 0.2) is 6.29 Å². The zero-order chi connectivity index (χ0) is 12.1. The Morgan fingerprint density at radius 3 is 1.93 bits per heavy atom. The summed E-state index contributed by atoms with van der Waals surface area (Å²) in [5, 5.41) is 9.75. The fourth-order valence-corrected chi connectivity index (χ4v) is 1.37. The third kappa shape index (κ3) is 5.96. The first-order valence-corrected chi connectivity index (χ1v) is 4.57. The van der Waals surface area contributed by atoms with E-state index in [2.05, 4.69) is 0 Å². The number of rotatable bonds is 6. The predicted octanol–water partition coefficient (Wildman–Crippen LogP) is 2.09. The Morgan fingerprint density at radius 2 is 1.60 bits per heavy atom. The van der Waals surface area contributed by atoms with Crippen LogP contribution >= 0.6 is 0 Å². The number of aliphatic hydroxyl groups is 1. The van der Waals surface area contributed by atoms with Gasteiger partial charge >= 0.3 is 6.18 Å². The first-order chi connectivity index (χ1) is 6.73. The fourth-order valence-electron chi connectivity index (χ4n) is 1.37. The molecule has 0 radical (unpaired) electrons. The Labute approximate surface area is 87.2 Å². The van der Waals surface area contributed by atoms with Crippen molar-refractivity contribution in [3.63, 3.8) is 0 Å². The van der Waals surface area contributed by atoms with Crippen molar-refractivity contribution in [3.8, 4) is 0 Å². The van der Waals surface area contributed by atoms with Crippen LogP contribution in [0, 0.1) is 0 Å². The average Bonchev–Trinajstić information content (AvgIpc) is 2.02. The number of alkyl halides is 3. The Kier molecular flexibility index (Phi) is 5.55. The lowest BCUT2D eigenvalue weighted by atomic mass is 9.98. The molecule has 0 bridgehead atoms. The SMILES string of the molecule is COC(OC)C(C)(O)CCCC(F)(F)F. The van der Waals surface area contributed by atoms with E-state index < -0.39 is 24.5 Å². The van der Waals surface area contributed by atoms with Crippen molar-refractivity contribution in [2.75, 3.05) is 14.2 Å². The number of hydrogen-bond acceptors (Lipinski definition) is 3. The topological polar surface area (TPSA) is 38.7 Å². The molecule has 0 aliphatic carbocycles. The van der Waals surface area contributed by atoms with Gasteiger partial charge in [0.2, 0.25) is 0 Å². The zero-order valence-electron chi connectivity index (χ0n) is 9.10. The van der Waals surface area contributed by atoms with Crippen LogP contribution in [0.1, 0.15) is 26.2 Å². The highest BCUT2D eigenvalue weighted by Gasteiger charge is 2.34. The first kappa shape index (κ1) is 14.7. The summed E-state index contributed by atoms with van der Waals surface area (Å²) in [5.41, 5.74) is -1.41. The second-order valence-corrected chi connectivity index (χ2v) is 3.63. The van der Waals surface area contributed by atoms with Gasteiger partial charge in [-0.25, -0.2) is 0 Å². The van der Waals surface area contributed by atoms with Gasteiger partial charge in [-0.3, -0.25) is 0 Å². The lowest BCUT2D eigenvalue weighted by molar-refractivity contribution is -0.213. The molecular weight excluding hydrogens is 213 g/mol. The van der Waals surface area contributed by atoms with Crippen molar-refractivity contribution >= 4 is 0 Å². The molecule has 3 nitrogen and oxygen atoms in total. The van der Waals surface area contributed by atoms with Crippen LogP contribution in [-0.4, -0.2) is 37.4 Å². The molecule has 0 amide bonds. The number of hydrogen-bond donors (Lipinski definition) is 1. The molecule has 0 aliphatic heterocycles. The first-order valence-electron chi connectivity index (χ1n) is 4.57. The van der Waals surface area contributed by atoms with Crippen LogP contribution < -0.4 is 0 Å². The molecule has 1 atom stereocenters. The van der Waals surface area contributed by atoms with Gasteiger partial charge in [0.25, 0.3) is 0 Å². The Bertz CT molecular complexity index is 176. The van der Waals surface area contributed by atoms with E-state index in [9.17, 15) is 18.3 Å². The molecular formula is C9H17F3O3. The molecule has 0 aromatic carbocycles. The summed E-state index contributed by atoms with van der Waals surface area (Å²) in [6, 6.07) is 0. The second-order valence-electron chi connectivity index (χ2n) is 3.63. The van der Waals surface area contributed by atoms with Crippen LogP contribution in [0.2, 0.25) is 0 Å². The van der Waals surface area contributed by atoms with Crippen LogP contribution in [0.4, 0.5) is 13.2 Å². The molecule has 92 valence electrons. The Morgan fingerprint density at radius 1 is 1.13 bits per heavy atom. The highest BCUT2D eigenvalue weighted by Crippen LogP contribution is 2.27. The largest absolute Gasteiger partial charge is 0.389 e. The number of halogens is 3. The molecule has 0 rings (SSSR count). The van der Waals surface area contributed by atoms with Gasteiger partial charge in [-0.1, -0.05) is 0 Å². The van der Waals surface area contributed by atoms with E-state index >= 15 is 0 Å². The number of methoxy groups -OCH3 is 2. The van der Waals surface area contributed by atoms with Crippen LogP contribution in [0.5, 0.6) is 0 Å². The summed E-state index contributed by atoms with van der Waals surface area (Å²) in [4.78, 5) is 0. The van der Waals surface area contributed by atoms with E-state index in [4.69, 9.17) is 9.47 Å². The maximum absolute atomic E-state index is 11.9. The van der Waals surface area contributed by atoms with Crippen molar-refractivity contribution in [3.05, 3.63) is 0 Å². The van der Waals surface area contributed by atoms with E-state index in [1.165, 1.54) is 21.1 Å². The van der Waals surface area contributed by atoms with Gasteiger partial charge in [0.05, 0.1) is 0 Å². The van der Waals surface area contributed by atoms with E-state index in [-0.39, 0.29) is 12.8 Å². The van der Waals surface area contributed by atoms with Gasteiger partial charge in [-0.2, -0.15) is 13.2 Å². The number of ether oxygens (including phenoxy) is 2. The summed E-state index contributed by atoms with van der Waals surface area (Å²) in [5.74, 6) is 0. The predicted molar refractivity (Wildman–Crippen MR) is 48.3 cm³/mol. The molecule has 0 spiro atoms. The molecule has 0 fully saturated rings. The molecule has 0 aromatic heterocycles. The van der Waals surface area contributed by atoms with Crippen molar-refractivity contribution in [1.29, 1.82) is 0 Å². The smallest absolute Gasteiger partial charge is 0.385 e. The molecule has 0 aliphatic rings. The van der Waals surface area contributed by atoms with Crippen molar-refractivity contribution in [2.24, 2.45) is 0 Å². The second kappa shape index (κ2) is 5.67. The van der Waals surface area contributed by atoms with Crippen molar-refractivity contribution < 1.29 is 27.8 Å². The average molecular weight is 230 g/mol. The van der Waals surface area contributed by atoms with Crippen LogP contribution in [0.3, 0.4) is 0 Å².